The number of anilines is 1. The molecule has 28 heavy (non-hydrogen) atoms. The standard InChI is InChI=1S/C20H22ClN5O2/c1-13(2)26-11-14(10-23-26)19-16(5-8-28-19)20(27)24-15-3-4-18(17(21)9-15)25-7-6-22-12-25/h3-4,6-7,9-13,16,19H,5,8H2,1-2H3,(H,24,27)/t16-,19+/m1/s1. The van der Waals surface area contributed by atoms with Crippen LogP contribution in [0.15, 0.2) is 49.3 Å². The van der Waals surface area contributed by atoms with Crippen LogP contribution >= 0.6 is 11.6 Å². The van der Waals surface area contributed by atoms with Crippen LogP contribution < -0.4 is 5.32 Å². The Morgan fingerprint density at radius 3 is 2.93 bits per heavy atom. The quantitative estimate of drug-likeness (QED) is 0.703. The highest BCUT2D eigenvalue weighted by molar-refractivity contribution is 6.32. The van der Waals surface area contributed by atoms with E-state index in [0.717, 1.165) is 11.3 Å². The van der Waals surface area contributed by atoms with Crippen molar-refractivity contribution in [2.24, 2.45) is 5.92 Å². The molecule has 1 saturated heterocycles. The Morgan fingerprint density at radius 2 is 2.25 bits per heavy atom. The van der Waals surface area contributed by atoms with Gasteiger partial charge in [-0.25, -0.2) is 4.98 Å². The molecule has 0 spiro atoms. The summed E-state index contributed by atoms with van der Waals surface area (Å²) in [5, 5.41) is 7.87. The van der Waals surface area contributed by atoms with E-state index in [0.29, 0.717) is 23.7 Å². The number of nitrogens with one attached hydrogen (secondary N) is 1. The fourth-order valence-electron chi connectivity index (χ4n) is 3.40. The van der Waals surface area contributed by atoms with E-state index in [1.807, 2.05) is 33.8 Å². The van der Waals surface area contributed by atoms with E-state index in [1.54, 1.807) is 24.8 Å². The molecule has 0 unspecified atom stereocenters. The first-order valence-corrected chi connectivity index (χ1v) is 9.65. The number of carbonyl (C=O) groups is 1. The molecule has 7 nitrogen and oxygen atoms in total. The predicted octanol–water partition coefficient (Wildman–Crippen LogP) is 4.02. The molecule has 1 aromatic carbocycles. The first kappa shape index (κ1) is 18.7. The van der Waals surface area contributed by atoms with Gasteiger partial charge < -0.3 is 14.6 Å². The van der Waals surface area contributed by atoms with Crippen LogP contribution in [0.1, 0.15) is 38.0 Å². The van der Waals surface area contributed by atoms with E-state index in [4.69, 9.17) is 16.3 Å². The van der Waals surface area contributed by atoms with Gasteiger partial charge in [0.15, 0.2) is 0 Å². The van der Waals surface area contributed by atoms with E-state index >= 15 is 0 Å². The van der Waals surface area contributed by atoms with Crippen molar-refractivity contribution in [3.63, 3.8) is 0 Å². The second kappa shape index (κ2) is 7.77. The van der Waals surface area contributed by atoms with Crippen molar-refractivity contribution in [1.29, 1.82) is 0 Å². The minimum Gasteiger partial charge on any atom is -0.373 e. The summed E-state index contributed by atoms with van der Waals surface area (Å²) < 4.78 is 9.54. The number of ether oxygens (including phenoxy) is 1. The smallest absolute Gasteiger partial charge is 0.230 e. The Morgan fingerprint density at radius 1 is 1.39 bits per heavy atom. The summed E-state index contributed by atoms with van der Waals surface area (Å²) in [6.45, 7) is 4.68. The van der Waals surface area contributed by atoms with Gasteiger partial charge in [0.2, 0.25) is 5.91 Å². The van der Waals surface area contributed by atoms with Crippen LogP contribution in [0.5, 0.6) is 0 Å². The minimum atomic E-state index is -0.284. The summed E-state index contributed by atoms with van der Waals surface area (Å²) >= 11 is 6.39. The molecule has 3 heterocycles. The van der Waals surface area contributed by atoms with Gasteiger partial charge >= 0.3 is 0 Å². The number of benzene rings is 1. The van der Waals surface area contributed by atoms with Gasteiger partial charge in [-0.15, -0.1) is 0 Å². The van der Waals surface area contributed by atoms with Gasteiger partial charge in [-0.2, -0.15) is 5.10 Å². The Bertz CT molecular complexity index is 967. The van der Waals surface area contributed by atoms with Gasteiger partial charge in [0.25, 0.3) is 0 Å². The number of imidazole rings is 1. The number of nitrogens with zero attached hydrogens (tertiary/aromatic N) is 4. The largest absolute Gasteiger partial charge is 0.373 e. The number of hydrogen-bond acceptors (Lipinski definition) is 4. The SMILES string of the molecule is CC(C)n1cc([C@@H]2OCC[C@H]2C(=O)Nc2ccc(-n3ccnc3)c(Cl)c2)cn1. The van der Waals surface area contributed by atoms with E-state index in [9.17, 15) is 4.79 Å². The van der Waals surface area contributed by atoms with Crippen LogP contribution in [0, 0.1) is 5.92 Å². The second-order valence-corrected chi connectivity index (χ2v) is 7.57. The lowest BCUT2D eigenvalue weighted by atomic mass is 9.96. The molecule has 1 fully saturated rings. The van der Waals surface area contributed by atoms with Gasteiger partial charge in [-0.05, 0) is 38.5 Å². The third kappa shape index (κ3) is 3.68. The van der Waals surface area contributed by atoms with Crippen molar-refractivity contribution in [2.45, 2.75) is 32.4 Å². The highest BCUT2D eigenvalue weighted by atomic mass is 35.5. The molecule has 3 aromatic rings. The lowest BCUT2D eigenvalue weighted by Crippen LogP contribution is -2.25. The number of rotatable bonds is 5. The van der Waals surface area contributed by atoms with Crippen LogP contribution in [0.3, 0.4) is 0 Å². The zero-order valence-corrected chi connectivity index (χ0v) is 16.5. The van der Waals surface area contributed by atoms with Gasteiger partial charge in [-0.3, -0.25) is 9.48 Å². The highest BCUT2D eigenvalue weighted by Gasteiger charge is 2.36. The molecule has 1 N–H and O–H groups in total. The number of aromatic nitrogens is 4. The molecule has 1 amide bonds. The molecule has 0 radical (unpaired) electrons. The van der Waals surface area contributed by atoms with Gasteiger partial charge in [0.1, 0.15) is 0 Å². The molecule has 1 aliphatic heterocycles. The number of amides is 1. The maximum absolute atomic E-state index is 12.9. The van der Waals surface area contributed by atoms with E-state index in [1.165, 1.54) is 0 Å². The molecule has 1 aliphatic rings. The normalized spacial score (nSPS) is 19.3. The topological polar surface area (TPSA) is 74.0 Å². The molecule has 2 atom stereocenters. The third-order valence-electron chi connectivity index (χ3n) is 4.91. The summed E-state index contributed by atoms with van der Waals surface area (Å²) in [4.78, 5) is 16.9. The molecule has 0 saturated carbocycles. The maximum Gasteiger partial charge on any atom is 0.230 e. The predicted molar refractivity (Wildman–Crippen MR) is 107 cm³/mol. The highest BCUT2D eigenvalue weighted by Crippen LogP contribution is 2.36. The van der Waals surface area contributed by atoms with Crippen LogP contribution in [0.2, 0.25) is 5.02 Å². The van der Waals surface area contributed by atoms with Crippen molar-refractivity contribution < 1.29 is 9.53 Å². The molecule has 2 aromatic heterocycles. The first-order valence-electron chi connectivity index (χ1n) is 9.27. The summed E-state index contributed by atoms with van der Waals surface area (Å²) in [6, 6.07) is 5.70. The fourth-order valence-corrected chi connectivity index (χ4v) is 3.68. The van der Waals surface area contributed by atoms with E-state index in [2.05, 4.69) is 29.2 Å². The zero-order chi connectivity index (χ0) is 19.7. The fraction of sp³-hybridized carbons (Fsp3) is 0.350. The Labute approximate surface area is 168 Å². The van der Waals surface area contributed by atoms with Crippen molar-refractivity contribution in [3.8, 4) is 5.69 Å². The zero-order valence-electron chi connectivity index (χ0n) is 15.7. The van der Waals surface area contributed by atoms with Gasteiger partial charge in [0, 0.05) is 42.5 Å². The monoisotopic (exact) mass is 399 g/mol. The lowest BCUT2D eigenvalue weighted by Gasteiger charge is -2.17. The van der Waals surface area contributed by atoms with E-state index in [-0.39, 0.29) is 24.0 Å². The first-order chi connectivity index (χ1) is 13.5. The van der Waals surface area contributed by atoms with Crippen molar-refractivity contribution in [1.82, 2.24) is 19.3 Å². The Hall–Kier alpha value is -2.64. The second-order valence-electron chi connectivity index (χ2n) is 7.16. The van der Waals surface area contributed by atoms with Crippen molar-refractivity contribution in [2.75, 3.05) is 11.9 Å². The van der Waals surface area contributed by atoms with Crippen LogP contribution in [0.4, 0.5) is 5.69 Å². The Kier molecular flexibility index (Phi) is 5.19. The summed E-state index contributed by atoms with van der Waals surface area (Å²) in [5.74, 6) is -0.344. The van der Waals surface area contributed by atoms with Gasteiger partial charge in [0.05, 0.1) is 35.3 Å². The average molecular weight is 400 g/mol. The van der Waals surface area contributed by atoms with Crippen LogP contribution in [-0.4, -0.2) is 31.8 Å². The van der Waals surface area contributed by atoms with Crippen LogP contribution in [0.25, 0.3) is 5.69 Å². The minimum absolute atomic E-state index is 0.0776. The molecule has 0 aliphatic carbocycles. The molecule has 146 valence electrons. The third-order valence-corrected chi connectivity index (χ3v) is 5.21. The molecular weight excluding hydrogens is 378 g/mol. The maximum atomic E-state index is 12.9. The summed E-state index contributed by atoms with van der Waals surface area (Å²) in [6.07, 6.45) is 9.31. The molecular formula is C20H22ClN5O2. The van der Waals surface area contributed by atoms with Crippen molar-refractivity contribution >= 4 is 23.2 Å². The number of hydrogen-bond donors (Lipinski definition) is 1. The van der Waals surface area contributed by atoms with Gasteiger partial charge in [-0.1, -0.05) is 11.6 Å². The summed E-state index contributed by atoms with van der Waals surface area (Å²) in [7, 11) is 0. The summed E-state index contributed by atoms with van der Waals surface area (Å²) in [5.41, 5.74) is 2.39. The number of halogens is 1. The lowest BCUT2D eigenvalue weighted by molar-refractivity contribution is -0.121. The molecule has 0 bridgehead atoms. The van der Waals surface area contributed by atoms with E-state index < -0.39 is 0 Å². The Balaban J connectivity index is 1.48. The molecule has 4 rings (SSSR count). The average Bonchev–Trinajstić information content (AvgIpc) is 3.41. The molecule has 8 heteroatoms. The van der Waals surface area contributed by atoms with Crippen molar-refractivity contribution in [3.05, 3.63) is 59.9 Å². The van der Waals surface area contributed by atoms with Crippen LogP contribution in [-0.2, 0) is 9.53 Å². The number of carbonyl (C=O) groups excluding carboxylic acids is 1.